The zero-order valence-electron chi connectivity index (χ0n) is 17.3. The standard InChI is InChI=1S/C23H18Cl2F3NO4/c1-11-7-15(10-29-20(11)30)22(33,23(26,27)28)12(2)16-5-3-14(9-19(16)25)13-4-6-18(24)17(8-13)21(31)32/h3-10,12,33H,1-2H3,(H,29,30)(H,31,32). The van der Waals surface area contributed by atoms with E-state index in [-0.39, 0.29) is 26.7 Å². The topological polar surface area (TPSA) is 90.4 Å². The molecule has 5 nitrogen and oxygen atoms in total. The maximum absolute atomic E-state index is 14.1. The largest absolute Gasteiger partial charge is 0.478 e. The van der Waals surface area contributed by atoms with Crippen molar-refractivity contribution in [1.82, 2.24) is 4.98 Å². The van der Waals surface area contributed by atoms with E-state index in [0.29, 0.717) is 11.1 Å². The van der Waals surface area contributed by atoms with Crippen LogP contribution in [0.15, 0.2) is 53.5 Å². The molecule has 1 heterocycles. The van der Waals surface area contributed by atoms with Crippen LogP contribution in [0.25, 0.3) is 11.1 Å². The molecule has 2 atom stereocenters. The number of aromatic amines is 1. The number of pyridine rings is 1. The molecule has 3 aromatic rings. The molecule has 1 aromatic heterocycles. The van der Waals surface area contributed by atoms with Crippen molar-refractivity contribution in [1.29, 1.82) is 0 Å². The van der Waals surface area contributed by atoms with Gasteiger partial charge in [0.25, 0.3) is 5.56 Å². The minimum Gasteiger partial charge on any atom is -0.478 e. The van der Waals surface area contributed by atoms with Gasteiger partial charge in [0.2, 0.25) is 0 Å². The monoisotopic (exact) mass is 499 g/mol. The lowest BCUT2D eigenvalue weighted by molar-refractivity contribution is -0.274. The molecule has 2 unspecified atom stereocenters. The van der Waals surface area contributed by atoms with Gasteiger partial charge in [0.15, 0.2) is 5.60 Å². The van der Waals surface area contributed by atoms with Gasteiger partial charge in [-0.1, -0.05) is 48.3 Å². The first-order chi connectivity index (χ1) is 15.3. The second kappa shape index (κ2) is 8.85. The number of aromatic carboxylic acids is 1. The minimum atomic E-state index is -5.09. The molecular formula is C23H18Cl2F3NO4. The summed E-state index contributed by atoms with van der Waals surface area (Å²) in [5.41, 5.74) is -3.65. The molecule has 0 amide bonds. The number of halogens is 5. The molecule has 0 saturated heterocycles. The van der Waals surface area contributed by atoms with E-state index in [1.807, 2.05) is 0 Å². The fourth-order valence-corrected chi connectivity index (χ4v) is 4.17. The number of hydrogen-bond acceptors (Lipinski definition) is 3. The number of carboxylic acid groups (broad SMARTS) is 1. The van der Waals surface area contributed by atoms with Crippen molar-refractivity contribution in [3.8, 4) is 11.1 Å². The Balaban J connectivity index is 2.10. The van der Waals surface area contributed by atoms with Crippen molar-refractivity contribution in [3.63, 3.8) is 0 Å². The third kappa shape index (κ3) is 4.51. The molecule has 3 rings (SSSR count). The fourth-order valence-electron chi connectivity index (χ4n) is 3.63. The van der Waals surface area contributed by atoms with Crippen molar-refractivity contribution in [2.75, 3.05) is 0 Å². The SMILES string of the molecule is Cc1cc(C(O)(C(C)c2ccc(-c3ccc(Cl)c(C(=O)O)c3)cc2Cl)C(F)(F)F)c[nH]c1=O. The van der Waals surface area contributed by atoms with Crippen molar-refractivity contribution in [3.05, 3.63) is 91.3 Å². The summed E-state index contributed by atoms with van der Waals surface area (Å²) in [7, 11) is 0. The molecule has 2 aromatic carbocycles. The summed E-state index contributed by atoms with van der Waals surface area (Å²) >= 11 is 12.2. The number of aliphatic hydroxyl groups is 1. The summed E-state index contributed by atoms with van der Waals surface area (Å²) in [6, 6.07) is 9.47. The number of hydrogen-bond donors (Lipinski definition) is 3. The van der Waals surface area contributed by atoms with Gasteiger partial charge in [-0.3, -0.25) is 4.79 Å². The van der Waals surface area contributed by atoms with Crippen LogP contribution < -0.4 is 5.56 Å². The highest BCUT2D eigenvalue weighted by atomic mass is 35.5. The Kier molecular flexibility index (Phi) is 6.66. The van der Waals surface area contributed by atoms with Crippen LogP contribution in [0.4, 0.5) is 13.2 Å². The van der Waals surface area contributed by atoms with E-state index >= 15 is 0 Å². The molecule has 3 N–H and O–H groups in total. The Morgan fingerprint density at radius 2 is 1.64 bits per heavy atom. The third-order valence-electron chi connectivity index (χ3n) is 5.58. The molecule has 0 bridgehead atoms. The first-order valence-corrected chi connectivity index (χ1v) is 10.3. The molecule has 0 fully saturated rings. The van der Waals surface area contributed by atoms with E-state index in [2.05, 4.69) is 4.98 Å². The quantitative estimate of drug-likeness (QED) is 0.407. The molecule has 0 spiro atoms. The lowest BCUT2D eigenvalue weighted by atomic mass is 9.77. The van der Waals surface area contributed by atoms with Crippen LogP contribution in [0.3, 0.4) is 0 Å². The smallest absolute Gasteiger partial charge is 0.422 e. The van der Waals surface area contributed by atoms with E-state index in [4.69, 9.17) is 23.2 Å². The zero-order valence-corrected chi connectivity index (χ0v) is 18.8. The summed E-state index contributed by atoms with van der Waals surface area (Å²) < 4.78 is 42.4. The molecule has 0 aliphatic carbocycles. The van der Waals surface area contributed by atoms with Crippen LogP contribution >= 0.6 is 23.2 Å². The van der Waals surface area contributed by atoms with Crippen LogP contribution in [0, 0.1) is 6.92 Å². The maximum atomic E-state index is 14.1. The zero-order chi connectivity index (χ0) is 24.7. The summed E-state index contributed by atoms with van der Waals surface area (Å²) in [4.78, 5) is 25.2. The van der Waals surface area contributed by atoms with E-state index in [9.17, 15) is 33.0 Å². The first-order valence-electron chi connectivity index (χ1n) is 9.59. The molecule has 0 aliphatic heterocycles. The fraction of sp³-hybridized carbons (Fsp3) is 0.217. The second-order valence-electron chi connectivity index (χ2n) is 7.62. The number of aromatic nitrogens is 1. The van der Waals surface area contributed by atoms with Crippen molar-refractivity contribution >= 4 is 29.2 Å². The van der Waals surface area contributed by atoms with Crippen LogP contribution in [-0.4, -0.2) is 27.3 Å². The molecule has 174 valence electrons. The van der Waals surface area contributed by atoms with Gasteiger partial charge < -0.3 is 15.2 Å². The molecule has 0 saturated carbocycles. The highest BCUT2D eigenvalue weighted by Crippen LogP contribution is 2.49. The highest BCUT2D eigenvalue weighted by Gasteiger charge is 2.59. The minimum absolute atomic E-state index is 0.0107. The molecule has 0 aliphatic rings. The van der Waals surface area contributed by atoms with Crippen LogP contribution in [0.1, 0.15) is 39.9 Å². The van der Waals surface area contributed by atoms with E-state index in [0.717, 1.165) is 12.3 Å². The Morgan fingerprint density at radius 3 is 2.18 bits per heavy atom. The lowest BCUT2D eigenvalue weighted by Crippen LogP contribution is -2.47. The van der Waals surface area contributed by atoms with Crippen molar-refractivity contribution < 1.29 is 28.2 Å². The van der Waals surface area contributed by atoms with Gasteiger partial charge in [0.1, 0.15) is 0 Å². The molecule has 0 radical (unpaired) electrons. The summed E-state index contributed by atoms with van der Waals surface area (Å²) in [6.45, 7) is 2.52. The average Bonchev–Trinajstić information content (AvgIpc) is 2.73. The predicted octanol–water partition coefficient (Wildman–Crippen LogP) is 5.91. The summed E-state index contributed by atoms with van der Waals surface area (Å²) in [5, 5.41) is 20.1. The second-order valence-corrected chi connectivity index (χ2v) is 8.44. The predicted molar refractivity (Wildman–Crippen MR) is 119 cm³/mol. The van der Waals surface area contributed by atoms with Gasteiger partial charge in [-0.15, -0.1) is 0 Å². The van der Waals surface area contributed by atoms with Gasteiger partial charge in [0, 0.05) is 28.3 Å². The highest BCUT2D eigenvalue weighted by molar-refractivity contribution is 6.33. The normalized spacial score (nSPS) is 14.5. The molecular weight excluding hydrogens is 482 g/mol. The summed E-state index contributed by atoms with van der Waals surface area (Å²) in [6.07, 6.45) is -4.26. The molecule has 33 heavy (non-hydrogen) atoms. The average molecular weight is 500 g/mol. The van der Waals surface area contributed by atoms with E-state index < -0.39 is 34.8 Å². The van der Waals surface area contributed by atoms with Crippen LogP contribution in [0.2, 0.25) is 10.0 Å². The van der Waals surface area contributed by atoms with Gasteiger partial charge in [-0.2, -0.15) is 13.2 Å². The number of aryl methyl sites for hydroxylation is 1. The summed E-state index contributed by atoms with van der Waals surface area (Å²) in [5.74, 6) is -2.78. The van der Waals surface area contributed by atoms with E-state index in [1.165, 1.54) is 44.2 Å². The van der Waals surface area contributed by atoms with Gasteiger partial charge in [0.05, 0.1) is 10.6 Å². The van der Waals surface area contributed by atoms with Gasteiger partial charge in [-0.05, 0) is 47.9 Å². The number of alkyl halides is 3. The number of H-pyrrole nitrogens is 1. The lowest BCUT2D eigenvalue weighted by Gasteiger charge is -2.37. The first kappa shape index (κ1) is 24.8. The van der Waals surface area contributed by atoms with Gasteiger partial charge >= 0.3 is 12.1 Å². The number of carboxylic acids is 1. The Morgan fingerprint density at radius 1 is 1.03 bits per heavy atom. The Labute approximate surface area is 196 Å². The van der Waals surface area contributed by atoms with Crippen molar-refractivity contribution in [2.24, 2.45) is 0 Å². The number of carbonyl (C=O) groups is 1. The van der Waals surface area contributed by atoms with Crippen LogP contribution in [-0.2, 0) is 5.60 Å². The third-order valence-corrected chi connectivity index (χ3v) is 6.24. The number of rotatable bonds is 5. The number of nitrogens with one attached hydrogen (secondary N) is 1. The van der Waals surface area contributed by atoms with Crippen molar-refractivity contribution in [2.45, 2.75) is 31.5 Å². The van der Waals surface area contributed by atoms with Gasteiger partial charge in [-0.25, -0.2) is 4.79 Å². The maximum Gasteiger partial charge on any atom is 0.422 e. The Bertz CT molecular complexity index is 1290. The number of benzene rings is 2. The Hall–Kier alpha value is -2.81. The van der Waals surface area contributed by atoms with Crippen LogP contribution in [0.5, 0.6) is 0 Å². The van der Waals surface area contributed by atoms with E-state index in [1.54, 1.807) is 6.07 Å². The molecule has 10 heteroatoms.